The van der Waals surface area contributed by atoms with E-state index in [1.807, 2.05) is 60.1 Å². The van der Waals surface area contributed by atoms with Crippen LogP contribution in [0, 0.1) is 5.41 Å². The number of hydrogen-bond donors (Lipinski definition) is 4. The summed E-state index contributed by atoms with van der Waals surface area (Å²) < 4.78 is 11.7. The van der Waals surface area contributed by atoms with Gasteiger partial charge in [0.25, 0.3) is 5.91 Å². The summed E-state index contributed by atoms with van der Waals surface area (Å²) in [6.07, 6.45) is 5.91. The van der Waals surface area contributed by atoms with Crippen molar-refractivity contribution >= 4 is 28.1 Å². The molecule has 0 unspecified atom stereocenters. The smallest absolute Gasteiger partial charge is 0.257 e. The van der Waals surface area contributed by atoms with Gasteiger partial charge in [-0.1, -0.05) is 41.7 Å². The van der Waals surface area contributed by atoms with Gasteiger partial charge < -0.3 is 14.8 Å². The third-order valence-corrected chi connectivity index (χ3v) is 7.53. The molecule has 0 bridgehead atoms. The molecule has 0 saturated heterocycles. The summed E-state index contributed by atoms with van der Waals surface area (Å²) in [6, 6.07) is 28.1. The summed E-state index contributed by atoms with van der Waals surface area (Å²) in [6.45, 7) is 1.17. The number of thiazole rings is 1. The van der Waals surface area contributed by atoms with Gasteiger partial charge in [0.2, 0.25) is 0 Å². The Morgan fingerprint density at radius 2 is 1.47 bits per heavy atom. The number of amides is 1. The van der Waals surface area contributed by atoms with Crippen LogP contribution in [0.5, 0.6) is 11.5 Å². The van der Waals surface area contributed by atoms with Crippen molar-refractivity contribution in [3.63, 3.8) is 0 Å². The molecule has 5 aromatic rings. The third-order valence-electron chi connectivity index (χ3n) is 6.51. The van der Waals surface area contributed by atoms with Gasteiger partial charge in [-0.05, 0) is 79.9 Å². The zero-order valence-corrected chi connectivity index (χ0v) is 24.1. The van der Waals surface area contributed by atoms with Gasteiger partial charge in [0.05, 0.1) is 18.8 Å². The molecule has 218 valence electrons. The monoisotopic (exact) mass is 593 g/mol. The first-order valence-corrected chi connectivity index (χ1v) is 14.6. The van der Waals surface area contributed by atoms with E-state index in [1.54, 1.807) is 48.8 Å². The summed E-state index contributed by atoms with van der Waals surface area (Å²) >= 11 is 1.43. The zero-order valence-electron chi connectivity index (χ0n) is 23.3. The molecule has 0 fully saturated rings. The molecule has 4 N–H and O–H groups in total. The highest BCUT2D eigenvalue weighted by Gasteiger charge is 2.18. The molecule has 0 radical (unpaired) electrons. The van der Waals surface area contributed by atoms with Crippen LogP contribution in [0.4, 0.5) is 5.00 Å². The van der Waals surface area contributed by atoms with Gasteiger partial charge in [0.1, 0.15) is 33.0 Å². The van der Waals surface area contributed by atoms with E-state index in [2.05, 4.69) is 10.3 Å². The lowest BCUT2D eigenvalue weighted by Crippen LogP contribution is -2.18. The van der Waals surface area contributed by atoms with Crippen LogP contribution in [0.3, 0.4) is 0 Å². The van der Waals surface area contributed by atoms with Crippen molar-refractivity contribution in [2.24, 2.45) is 0 Å². The van der Waals surface area contributed by atoms with E-state index in [0.717, 1.165) is 46.9 Å². The number of nitrogens with zero attached hydrogens (tertiary/aromatic N) is 2. The number of unbranched alkanes of at least 4 members (excludes halogenated alkanes) is 2. The molecule has 43 heavy (non-hydrogen) atoms. The van der Waals surface area contributed by atoms with Gasteiger partial charge in [-0.15, -0.1) is 0 Å². The van der Waals surface area contributed by atoms with Gasteiger partial charge in [-0.2, -0.15) is 0 Å². The molecule has 2 heterocycles. The Labute approximate surface area is 253 Å². The molecule has 1 amide bonds. The van der Waals surface area contributed by atoms with Crippen LogP contribution in [0.2, 0.25) is 0 Å². The number of benzene rings is 3. The fourth-order valence-corrected chi connectivity index (χ4v) is 5.22. The number of nitrogens with one attached hydrogen (secondary N) is 3. The second kappa shape index (κ2) is 14.7. The average Bonchev–Trinajstić information content (AvgIpc) is 3.49. The third kappa shape index (κ3) is 8.03. The number of anilines is 1. The second-order valence-corrected chi connectivity index (χ2v) is 10.6. The van der Waals surface area contributed by atoms with Gasteiger partial charge >= 0.3 is 0 Å². The first-order valence-electron chi connectivity index (χ1n) is 13.8. The van der Waals surface area contributed by atoms with E-state index >= 15 is 0 Å². The van der Waals surface area contributed by atoms with Gasteiger partial charge in [0, 0.05) is 29.1 Å². The molecular formula is C33H31N5O4S. The number of hydroxylamine groups is 1. The van der Waals surface area contributed by atoms with Crippen LogP contribution in [0.25, 0.3) is 21.8 Å². The summed E-state index contributed by atoms with van der Waals surface area (Å²) in [5.74, 6) is 1.19. The van der Waals surface area contributed by atoms with Crippen molar-refractivity contribution in [1.29, 1.82) is 5.41 Å². The second-order valence-electron chi connectivity index (χ2n) is 9.55. The predicted octanol–water partition coefficient (Wildman–Crippen LogP) is 7.06. The number of pyridine rings is 1. The van der Waals surface area contributed by atoms with Gasteiger partial charge in [0.15, 0.2) is 0 Å². The summed E-state index contributed by atoms with van der Waals surface area (Å²) in [4.78, 5) is 21.8. The number of hydrogen-bond acceptors (Lipinski definition) is 8. The zero-order chi connectivity index (χ0) is 29.9. The minimum Gasteiger partial charge on any atom is -0.494 e. The minimum atomic E-state index is -0.238. The van der Waals surface area contributed by atoms with Crippen molar-refractivity contribution in [1.82, 2.24) is 15.4 Å². The molecule has 9 nitrogen and oxygen atoms in total. The number of amidine groups is 1. The highest BCUT2D eigenvalue weighted by molar-refractivity contribution is 7.19. The van der Waals surface area contributed by atoms with E-state index < -0.39 is 0 Å². The highest BCUT2D eigenvalue weighted by Crippen LogP contribution is 2.38. The van der Waals surface area contributed by atoms with E-state index in [9.17, 15) is 4.79 Å². The molecule has 0 saturated carbocycles. The lowest BCUT2D eigenvalue weighted by molar-refractivity contribution is 0.102. The summed E-state index contributed by atoms with van der Waals surface area (Å²) in [5, 5.41) is 20.9. The average molecular weight is 594 g/mol. The topological polar surface area (TPSA) is 129 Å². The lowest BCUT2D eigenvalue weighted by atomic mass is 10.1. The number of rotatable bonds is 13. The van der Waals surface area contributed by atoms with Gasteiger partial charge in [-0.25, -0.2) is 4.98 Å². The molecule has 3 aromatic carbocycles. The first kappa shape index (κ1) is 29.4. The molecular weight excluding hydrogens is 562 g/mol. The SMILES string of the molecule is N=C(NO)c1ccc(OCCCCCOc2ccc(-c3nc(-c4ccccc4)sc3NC(=O)c3cccnc3)cc2)cc1. The Bertz CT molecular complexity index is 1630. The molecule has 0 atom stereocenters. The van der Waals surface area contributed by atoms with Crippen molar-refractivity contribution in [2.75, 3.05) is 18.5 Å². The minimum absolute atomic E-state index is 0.0587. The van der Waals surface area contributed by atoms with Crippen LogP contribution in [0.1, 0.15) is 35.2 Å². The maximum absolute atomic E-state index is 12.9. The fraction of sp³-hybridized carbons (Fsp3) is 0.152. The van der Waals surface area contributed by atoms with Crippen LogP contribution in [-0.2, 0) is 0 Å². The van der Waals surface area contributed by atoms with Gasteiger partial charge in [-0.3, -0.25) is 25.9 Å². The van der Waals surface area contributed by atoms with E-state index in [-0.39, 0.29) is 11.7 Å². The van der Waals surface area contributed by atoms with Crippen molar-refractivity contribution in [3.8, 4) is 33.3 Å². The predicted molar refractivity (Wildman–Crippen MR) is 168 cm³/mol. The maximum atomic E-state index is 12.9. The standard InChI is InChI=1S/C33H31N5O4S/c34-30(38-40)24-13-17-28(18-14-24)42-21-6-2-5-20-41-27-15-11-23(12-16-27)29-33(37-31(39)26-10-7-19-35-22-26)43-32(36-29)25-8-3-1-4-9-25/h1,3-4,7-19,22,40H,2,5-6,20-21H2,(H2,34,38)(H,37,39). The van der Waals surface area contributed by atoms with Crippen LogP contribution < -0.4 is 20.3 Å². The number of carbonyl (C=O) groups excluding carboxylic acids is 1. The fourth-order valence-electron chi connectivity index (χ4n) is 4.23. The quantitative estimate of drug-likeness (QED) is 0.0498. The Kier molecular flexibility index (Phi) is 10.1. The van der Waals surface area contributed by atoms with E-state index in [4.69, 9.17) is 25.1 Å². The first-order chi connectivity index (χ1) is 21.1. The Hall–Kier alpha value is -5.06. The molecule has 0 spiro atoms. The van der Waals surface area contributed by atoms with Crippen LogP contribution in [-0.4, -0.2) is 40.1 Å². The molecule has 2 aromatic heterocycles. The van der Waals surface area contributed by atoms with Crippen LogP contribution >= 0.6 is 11.3 Å². The Balaban J connectivity index is 1.14. The van der Waals surface area contributed by atoms with Crippen LogP contribution in [0.15, 0.2) is 103 Å². The van der Waals surface area contributed by atoms with Crippen molar-refractivity contribution < 1.29 is 19.5 Å². The number of carbonyl (C=O) groups is 1. The largest absolute Gasteiger partial charge is 0.494 e. The summed E-state index contributed by atoms with van der Waals surface area (Å²) in [7, 11) is 0. The molecule has 0 aliphatic carbocycles. The molecule has 10 heteroatoms. The van der Waals surface area contributed by atoms with E-state index in [0.29, 0.717) is 35.0 Å². The maximum Gasteiger partial charge on any atom is 0.257 e. The highest BCUT2D eigenvalue weighted by atomic mass is 32.1. The molecule has 5 rings (SSSR count). The van der Waals surface area contributed by atoms with Crippen molar-refractivity contribution in [2.45, 2.75) is 19.3 Å². The van der Waals surface area contributed by atoms with E-state index in [1.165, 1.54) is 11.3 Å². The number of ether oxygens (including phenoxy) is 2. The number of aromatic nitrogens is 2. The molecule has 0 aliphatic rings. The normalized spacial score (nSPS) is 10.6. The Morgan fingerprint density at radius 1 is 0.791 bits per heavy atom. The lowest BCUT2D eigenvalue weighted by Gasteiger charge is -2.09. The summed E-state index contributed by atoms with van der Waals surface area (Å²) in [5.41, 5.74) is 5.44. The Morgan fingerprint density at radius 3 is 2.09 bits per heavy atom. The molecule has 0 aliphatic heterocycles. The van der Waals surface area contributed by atoms with Crippen molar-refractivity contribution in [3.05, 3.63) is 115 Å².